The van der Waals surface area contributed by atoms with Gasteiger partial charge < -0.3 is 33.1 Å². The summed E-state index contributed by atoms with van der Waals surface area (Å²) in [6.45, 7) is 0. The molecular weight excluding hydrogens is 473 g/mol. The van der Waals surface area contributed by atoms with E-state index in [1.165, 1.54) is 19.1 Å². The minimum absolute atomic E-state index is 0.130. The molecule has 3 aromatic carbocycles. The molecule has 0 aromatic heterocycles. The number of methoxy groups -OCH3 is 6. The quantitative estimate of drug-likeness (QED) is 0.247. The van der Waals surface area contributed by atoms with E-state index in [1.807, 2.05) is 24.3 Å². The van der Waals surface area contributed by atoms with Crippen LogP contribution in [0.3, 0.4) is 0 Å². The third-order valence-corrected chi connectivity index (χ3v) is 5.92. The topological polar surface area (TPSA) is 67.4 Å². The van der Waals surface area contributed by atoms with Crippen LogP contribution < -0.4 is 33.1 Å². The van der Waals surface area contributed by atoms with Gasteiger partial charge in [0.1, 0.15) is 0 Å². The molecular formula is C26H28FNO6S. The Hall–Kier alpha value is -3.72. The highest BCUT2D eigenvalue weighted by atomic mass is 32.2. The van der Waals surface area contributed by atoms with Crippen LogP contribution in [-0.4, -0.2) is 42.7 Å². The summed E-state index contributed by atoms with van der Waals surface area (Å²) in [6.07, 6.45) is 3.62. The van der Waals surface area contributed by atoms with E-state index in [1.54, 1.807) is 65.9 Å². The molecule has 0 radical (unpaired) electrons. The van der Waals surface area contributed by atoms with Gasteiger partial charge in [0.2, 0.25) is 5.75 Å². The second kappa shape index (κ2) is 12.1. The van der Waals surface area contributed by atoms with Crippen LogP contribution >= 0.6 is 11.9 Å². The lowest BCUT2D eigenvalue weighted by atomic mass is 10.1. The van der Waals surface area contributed by atoms with Gasteiger partial charge >= 0.3 is 0 Å². The number of hydrogen-bond donors (Lipinski definition) is 1. The molecule has 3 aromatic rings. The highest BCUT2D eigenvalue weighted by Gasteiger charge is 2.15. The van der Waals surface area contributed by atoms with Crippen LogP contribution in [0, 0.1) is 5.82 Å². The Labute approximate surface area is 208 Å². The van der Waals surface area contributed by atoms with Gasteiger partial charge in [-0.2, -0.15) is 0 Å². The summed E-state index contributed by atoms with van der Waals surface area (Å²) in [5.74, 6) is 2.35. The van der Waals surface area contributed by atoms with E-state index in [4.69, 9.17) is 28.4 Å². The Balaban J connectivity index is 1.94. The van der Waals surface area contributed by atoms with Crippen molar-refractivity contribution in [1.82, 2.24) is 0 Å². The summed E-state index contributed by atoms with van der Waals surface area (Å²) in [4.78, 5) is 0.810. The van der Waals surface area contributed by atoms with E-state index < -0.39 is 5.82 Å². The summed E-state index contributed by atoms with van der Waals surface area (Å²) >= 11 is 1.24. The molecule has 0 unspecified atom stereocenters. The Morgan fingerprint density at radius 1 is 0.657 bits per heavy atom. The van der Waals surface area contributed by atoms with Gasteiger partial charge in [-0.1, -0.05) is 12.2 Å². The van der Waals surface area contributed by atoms with E-state index >= 15 is 4.39 Å². The summed E-state index contributed by atoms with van der Waals surface area (Å²) in [6, 6.07) is 12.4. The van der Waals surface area contributed by atoms with Crippen molar-refractivity contribution in [2.45, 2.75) is 4.90 Å². The van der Waals surface area contributed by atoms with Crippen LogP contribution in [-0.2, 0) is 0 Å². The zero-order valence-electron chi connectivity index (χ0n) is 20.4. The lowest BCUT2D eigenvalue weighted by Gasteiger charge is -2.14. The van der Waals surface area contributed by atoms with Crippen molar-refractivity contribution in [2.75, 3.05) is 47.4 Å². The lowest BCUT2D eigenvalue weighted by Crippen LogP contribution is -1.98. The molecule has 0 saturated carbocycles. The molecule has 186 valence electrons. The number of anilines is 1. The highest BCUT2D eigenvalue weighted by molar-refractivity contribution is 8.00. The number of halogens is 1. The van der Waals surface area contributed by atoms with Gasteiger partial charge in [-0.3, -0.25) is 0 Å². The molecule has 0 bridgehead atoms. The maximum absolute atomic E-state index is 15.2. The second-order valence-electron chi connectivity index (χ2n) is 7.06. The molecule has 7 nitrogen and oxygen atoms in total. The van der Waals surface area contributed by atoms with E-state index in [2.05, 4.69) is 4.72 Å². The lowest BCUT2D eigenvalue weighted by molar-refractivity contribution is 0.324. The zero-order valence-corrected chi connectivity index (χ0v) is 21.2. The SMILES string of the molecule is COc1ccc(SNc2c(/C=C\c3cc(OC)c(OC)c(OC)c3)ccc(OC)c2F)cc1OC. The summed E-state index contributed by atoms with van der Waals surface area (Å²) < 4.78 is 50.3. The second-order valence-corrected chi connectivity index (χ2v) is 7.94. The molecule has 0 heterocycles. The van der Waals surface area contributed by atoms with Crippen molar-refractivity contribution >= 4 is 29.8 Å². The standard InChI is InChI=1S/C26H28FNO6S/c1-29-19-12-10-18(15-21(19)31-3)35-28-25-17(9-11-20(30-2)24(25)27)8-7-16-13-22(32-4)26(34-6)23(14-16)33-5/h7-15,28H,1-6H3/b8-7-. The summed E-state index contributed by atoms with van der Waals surface area (Å²) in [5.41, 5.74) is 1.67. The molecule has 3 rings (SSSR count). The third kappa shape index (κ3) is 5.86. The summed E-state index contributed by atoms with van der Waals surface area (Å²) in [7, 11) is 9.21. The number of rotatable bonds is 11. The van der Waals surface area contributed by atoms with Gasteiger partial charge in [-0.15, -0.1) is 0 Å². The van der Waals surface area contributed by atoms with Crippen molar-refractivity contribution in [3.05, 3.63) is 59.4 Å². The van der Waals surface area contributed by atoms with Crippen LogP contribution in [0.5, 0.6) is 34.5 Å². The fourth-order valence-corrected chi connectivity index (χ4v) is 4.08. The van der Waals surface area contributed by atoms with E-state index in [0.29, 0.717) is 34.3 Å². The third-order valence-electron chi connectivity index (χ3n) is 5.13. The fourth-order valence-electron chi connectivity index (χ4n) is 3.35. The number of nitrogens with one attached hydrogen (secondary N) is 1. The Morgan fingerprint density at radius 3 is 1.83 bits per heavy atom. The van der Waals surface area contributed by atoms with Crippen LogP contribution in [0.1, 0.15) is 11.1 Å². The average Bonchev–Trinajstić information content (AvgIpc) is 2.90. The number of hydrogen-bond acceptors (Lipinski definition) is 8. The Kier molecular flexibility index (Phi) is 8.97. The molecule has 0 spiro atoms. The maximum atomic E-state index is 15.2. The van der Waals surface area contributed by atoms with Crippen LogP contribution in [0.2, 0.25) is 0 Å². The van der Waals surface area contributed by atoms with Crippen LogP contribution in [0.4, 0.5) is 10.1 Å². The highest BCUT2D eigenvalue weighted by Crippen LogP contribution is 2.39. The van der Waals surface area contributed by atoms with E-state index in [9.17, 15) is 0 Å². The van der Waals surface area contributed by atoms with Crippen molar-refractivity contribution < 1.29 is 32.8 Å². The van der Waals surface area contributed by atoms with Gasteiger partial charge in [0.05, 0.1) is 48.3 Å². The molecule has 35 heavy (non-hydrogen) atoms. The molecule has 0 aliphatic carbocycles. The van der Waals surface area contributed by atoms with Crippen LogP contribution in [0.15, 0.2) is 47.4 Å². The minimum atomic E-state index is -0.507. The average molecular weight is 502 g/mol. The van der Waals surface area contributed by atoms with E-state index in [-0.39, 0.29) is 11.4 Å². The van der Waals surface area contributed by atoms with Gasteiger partial charge in [0.15, 0.2) is 34.6 Å². The maximum Gasteiger partial charge on any atom is 0.203 e. The predicted molar refractivity (Wildman–Crippen MR) is 137 cm³/mol. The van der Waals surface area contributed by atoms with Gasteiger partial charge in [0, 0.05) is 10.5 Å². The van der Waals surface area contributed by atoms with Gasteiger partial charge in [-0.05, 0) is 60.0 Å². The molecule has 0 saturated heterocycles. The Morgan fingerprint density at radius 2 is 1.26 bits per heavy atom. The molecule has 0 aliphatic heterocycles. The first-order chi connectivity index (χ1) is 17.0. The van der Waals surface area contributed by atoms with Gasteiger partial charge in [0.25, 0.3) is 0 Å². The normalized spacial score (nSPS) is 10.7. The van der Waals surface area contributed by atoms with Crippen molar-refractivity contribution in [3.63, 3.8) is 0 Å². The molecule has 0 fully saturated rings. The molecule has 0 atom stereocenters. The summed E-state index contributed by atoms with van der Waals surface area (Å²) in [5, 5.41) is 0. The molecule has 1 N–H and O–H groups in total. The first-order valence-corrected chi connectivity index (χ1v) is 11.3. The monoisotopic (exact) mass is 501 g/mol. The number of benzene rings is 3. The molecule has 9 heteroatoms. The predicted octanol–water partition coefficient (Wildman–Crippen LogP) is 6.17. The minimum Gasteiger partial charge on any atom is -0.494 e. The number of ether oxygens (including phenoxy) is 6. The first kappa shape index (κ1) is 25.9. The van der Waals surface area contributed by atoms with Crippen molar-refractivity contribution in [2.24, 2.45) is 0 Å². The van der Waals surface area contributed by atoms with Crippen molar-refractivity contribution in [3.8, 4) is 34.5 Å². The van der Waals surface area contributed by atoms with E-state index in [0.717, 1.165) is 10.5 Å². The van der Waals surface area contributed by atoms with Gasteiger partial charge in [-0.25, -0.2) is 4.39 Å². The van der Waals surface area contributed by atoms with Crippen LogP contribution in [0.25, 0.3) is 12.2 Å². The Bertz CT molecular complexity index is 1180. The fraction of sp³-hybridized carbons (Fsp3) is 0.231. The zero-order chi connectivity index (χ0) is 25.4. The largest absolute Gasteiger partial charge is 0.494 e. The smallest absolute Gasteiger partial charge is 0.203 e. The molecule has 0 amide bonds. The molecule has 0 aliphatic rings. The van der Waals surface area contributed by atoms with Crippen molar-refractivity contribution in [1.29, 1.82) is 0 Å². The first-order valence-electron chi connectivity index (χ1n) is 10.5.